The van der Waals surface area contributed by atoms with E-state index in [1.165, 1.54) is 12.1 Å². The lowest BCUT2D eigenvalue weighted by atomic mass is 10.0. The molecule has 0 radical (unpaired) electrons. The summed E-state index contributed by atoms with van der Waals surface area (Å²) in [7, 11) is 0. The van der Waals surface area contributed by atoms with E-state index in [2.05, 4.69) is 15.9 Å². The Balaban J connectivity index is 3.10. The first-order chi connectivity index (χ1) is 8.61. The maximum absolute atomic E-state index is 13.1. The zero-order chi connectivity index (χ0) is 14.8. The minimum absolute atomic E-state index is 0.0369. The summed E-state index contributed by atoms with van der Waals surface area (Å²) in [5, 5.41) is 0. The molecule has 0 spiro atoms. The maximum atomic E-state index is 13.1. The topological polar surface area (TPSA) is 35.2 Å². The molecule has 0 aliphatic rings. The van der Waals surface area contributed by atoms with Gasteiger partial charge in [0.25, 0.3) is 0 Å². The molecule has 2 nitrogen and oxygen atoms in total. The predicted octanol–water partition coefficient (Wildman–Crippen LogP) is 4.05. The van der Waals surface area contributed by atoms with Crippen molar-refractivity contribution >= 4 is 15.9 Å². The SMILES string of the molecule is CCOc1ccc(C(N)C(F)(F)C(F)(F)F)c(Br)c1. The van der Waals surface area contributed by atoms with Crippen LogP contribution >= 0.6 is 15.9 Å². The Morgan fingerprint density at radius 1 is 1.26 bits per heavy atom. The van der Waals surface area contributed by atoms with Crippen LogP contribution in [0.4, 0.5) is 22.0 Å². The van der Waals surface area contributed by atoms with Gasteiger partial charge in [-0.1, -0.05) is 22.0 Å². The van der Waals surface area contributed by atoms with Crippen molar-refractivity contribution < 1.29 is 26.7 Å². The summed E-state index contributed by atoms with van der Waals surface area (Å²) in [6.45, 7) is 2.06. The highest BCUT2D eigenvalue weighted by Crippen LogP contribution is 2.45. The highest BCUT2D eigenvalue weighted by Gasteiger charge is 2.61. The molecule has 1 aromatic rings. The number of ether oxygens (including phenoxy) is 1. The number of alkyl halides is 5. The van der Waals surface area contributed by atoms with Crippen molar-refractivity contribution in [2.75, 3.05) is 6.61 Å². The normalized spacial score (nSPS) is 14.3. The van der Waals surface area contributed by atoms with Crippen LogP contribution in [0.3, 0.4) is 0 Å². The van der Waals surface area contributed by atoms with E-state index >= 15 is 0 Å². The standard InChI is InChI=1S/C11H11BrF5NO/c1-2-19-6-3-4-7(8(12)5-6)9(18)10(13,14)11(15,16)17/h3-5,9H,2,18H2,1H3. The fourth-order valence-corrected chi connectivity index (χ4v) is 1.99. The molecule has 1 rings (SSSR count). The Kier molecular flexibility index (Phi) is 4.78. The van der Waals surface area contributed by atoms with Crippen molar-refractivity contribution in [2.24, 2.45) is 5.73 Å². The second-order valence-corrected chi connectivity index (χ2v) is 4.57. The molecule has 0 bridgehead atoms. The molecule has 0 fully saturated rings. The zero-order valence-corrected chi connectivity index (χ0v) is 11.4. The molecule has 1 aromatic carbocycles. The Bertz CT molecular complexity index is 449. The van der Waals surface area contributed by atoms with E-state index < -0.39 is 18.1 Å². The third-order valence-corrected chi connectivity index (χ3v) is 3.07. The molecule has 0 saturated heterocycles. The van der Waals surface area contributed by atoms with Crippen LogP contribution in [-0.2, 0) is 0 Å². The first-order valence-corrected chi connectivity index (χ1v) is 6.03. The van der Waals surface area contributed by atoms with Crippen molar-refractivity contribution in [2.45, 2.75) is 25.1 Å². The van der Waals surface area contributed by atoms with Gasteiger partial charge in [-0.2, -0.15) is 22.0 Å². The van der Waals surface area contributed by atoms with Gasteiger partial charge < -0.3 is 10.5 Å². The highest BCUT2D eigenvalue weighted by molar-refractivity contribution is 9.10. The second kappa shape index (κ2) is 5.62. The first-order valence-electron chi connectivity index (χ1n) is 5.23. The molecular weight excluding hydrogens is 337 g/mol. The van der Waals surface area contributed by atoms with Gasteiger partial charge >= 0.3 is 12.1 Å². The average molecular weight is 348 g/mol. The van der Waals surface area contributed by atoms with Gasteiger partial charge in [0.2, 0.25) is 0 Å². The molecule has 8 heteroatoms. The van der Waals surface area contributed by atoms with Crippen molar-refractivity contribution in [3.05, 3.63) is 28.2 Å². The largest absolute Gasteiger partial charge is 0.494 e. The van der Waals surface area contributed by atoms with E-state index in [-0.39, 0.29) is 10.0 Å². The van der Waals surface area contributed by atoms with Gasteiger partial charge in [0.05, 0.1) is 6.61 Å². The molecule has 0 amide bonds. The molecule has 19 heavy (non-hydrogen) atoms. The Labute approximate surface area is 114 Å². The van der Waals surface area contributed by atoms with Crippen LogP contribution in [-0.4, -0.2) is 18.7 Å². The van der Waals surface area contributed by atoms with Crippen LogP contribution in [0.2, 0.25) is 0 Å². The molecule has 108 valence electrons. The number of hydrogen-bond donors (Lipinski definition) is 1. The van der Waals surface area contributed by atoms with Crippen molar-refractivity contribution in [3.8, 4) is 5.75 Å². The molecule has 0 saturated carbocycles. The minimum Gasteiger partial charge on any atom is -0.494 e. The molecule has 0 aliphatic heterocycles. The summed E-state index contributed by atoms with van der Waals surface area (Å²) in [5.74, 6) is -4.66. The van der Waals surface area contributed by atoms with Gasteiger partial charge in [0.15, 0.2) is 0 Å². The van der Waals surface area contributed by atoms with Crippen LogP contribution in [0.25, 0.3) is 0 Å². The summed E-state index contributed by atoms with van der Waals surface area (Å²) < 4.78 is 68.1. The summed E-state index contributed by atoms with van der Waals surface area (Å²) in [6, 6.07) is 1.18. The van der Waals surface area contributed by atoms with Crippen LogP contribution in [0.5, 0.6) is 5.75 Å². The first kappa shape index (κ1) is 16.2. The van der Waals surface area contributed by atoms with Gasteiger partial charge in [-0.05, 0) is 24.6 Å². The Morgan fingerprint density at radius 2 is 1.84 bits per heavy atom. The minimum atomic E-state index is -5.70. The monoisotopic (exact) mass is 347 g/mol. The average Bonchev–Trinajstić information content (AvgIpc) is 2.27. The second-order valence-electron chi connectivity index (χ2n) is 3.71. The van der Waals surface area contributed by atoms with E-state index in [4.69, 9.17) is 10.5 Å². The van der Waals surface area contributed by atoms with E-state index in [0.29, 0.717) is 12.4 Å². The number of rotatable bonds is 4. The third-order valence-electron chi connectivity index (χ3n) is 2.39. The van der Waals surface area contributed by atoms with Gasteiger partial charge in [0, 0.05) is 4.47 Å². The van der Waals surface area contributed by atoms with Crippen LogP contribution < -0.4 is 10.5 Å². The van der Waals surface area contributed by atoms with Gasteiger partial charge in [0.1, 0.15) is 11.8 Å². The number of halogens is 6. The maximum Gasteiger partial charge on any atom is 0.455 e. The lowest BCUT2D eigenvalue weighted by Gasteiger charge is -2.26. The van der Waals surface area contributed by atoms with Crippen molar-refractivity contribution in [1.29, 1.82) is 0 Å². The van der Waals surface area contributed by atoms with Crippen molar-refractivity contribution in [1.82, 2.24) is 0 Å². The summed E-state index contributed by atoms with van der Waals surface area (Å²) in [4.78, 5) is 0. The molecule has 1 atom stereocenters. The summed E-state index contributed by atoms with van der Waals surface area (Å²) >= 11 is 2.92. The van der Waals surface area contributed by atoms with E-state index in [9.17, 15) is 22.0 Å². The molecule has 0 aromatic heterocycles. The molecule has 2 N–H and O–H groups in total. The molecular formula is C11H11BrF5NO. The zero-order valence-electron chi connectivity index (χ0n) is 9.77. The van der Waals surface area contributed by atoms with E-state index in [1.807, 2.05) is 0 Å². The summed E-state index contributed by atoms with van der Waals surface area (Å²) in [6.07, 6.45) is -5.70. The summed E-state index contributed by atoms with van der Waals surface area (Å²) in [5.41, 5.74) is 4.70. The number of nitrogens with two attached hydrogens (primary N) is 1. The lowest BCUT2D eigenvalue weighted by Crippen LogP contribution is -2.45. The fourth-order valence-electron chi connectivity index (χ4n) is 1.39. The van der Waals surface area contributed by atoms with Gasteiger partial charge in [-0.15, -0.1) is 0 Å². The quantitative estimate of drug-likeness (QED) is 0.834. The van der Waals surface area contributed by atoms with Gasteiger partial charge in [-0.3, -0.25) is 0 Å². The van der Waals surface area contributed by atoms with E-state index in [1.54, 1.807) is 6.92 Å². The molecule has 0 heterocycles. The highest BCUT2D eigenvalue weighted by atomic mass is 79.9. The number of hydrogen-bond acceptors (Lipinski definition) is 2. The number of benzene rings is 1. The van der Waals surface area contributed by atoms with Crippen LogP contribution in [0.15, 0.2) is 22.7 Å². The third kappa shape index (κ3) is 3.36. The Morgan fingerprint density at radius 3 is 2.26 bits per heavy atom. The lowest BCUT2D eigenvalue weighted by molar-refractivity contribution is -0.291. The molecule has 1 unspecified atom stereocenters. The fraction of sp³-hybridized carbons (Fsp3) is 0.455. The van der Waals surface area contributed by atoms with Crippen LogP contribution in [0, 0.1) is 0 Å². The van der Waals surface area contributed by atoms with Crippen molar-refractivity contribution in [3.63, 3.8) is 0 Å². The smallest absolute Gasteiger partial charge is 0.455 e. The van der Waals surface area contributed by atoms with Crippen LogP contribution in [0.1, 0.15) is 18.5 Å². The Hall–Kier alpha value is -0.890. The van der Waals surface area contributed by atoms with E-state index in [0.717, 1.165) is 6.07 Å². The van der Waals surface area contributed by atoms with Gasteiger partial charge in [-0.25, -0.2) is 0 Å². The predicted molar refractivity (Wildman–Crippen MR) is 63.2 cm³/mol. The molecule has 0 aliphatic carbocycles.